The number of fused-ring (bicyclic) bond motifs is 1. The zero-order chi connectivity index (χ0) is 21.5. The largest absolute Gasteiger partial charge is 0.326 e. The molecule has 2 aromatic carbocycles. The van der Waals surface area contributed by atoms with Gasteiger partial charge in [0.1, 0.15) is 11.3 Å². The Labute approximate surface area is 173 Å². The minimum Gasteiger partial charge on any atom is -0.326 e. The van der Waals surface area contributed by atoms with E-state index in [9.17, 15) is 17.6 Å². The highest BCUT2D eigenvalue weighted by Gasteiger charge is 2.16. The van der Waals surface area contributed by atoms with Gasteiger partial charge in [0, 0.05) is 24.2 Å². The van der Waals surface area contributed by atoms with Crippen molar-refractivity contribution >= 4 is 15.4 Å². The Balaban J connectivity index is 1.91. The minimum absolute atomic E-state index is 0.0697. The van der Waals surface area contributed by atoms with Crippen LogP contribution in [0.4, 0.5) is 4.39 Å². The lowest BCUT2D eigenvalue weighted by molar-refractivity contribution is 0.601. The smallest absolute Gasteiger partial charge is 0.272 e. The van der Waals surface area contributed by atoms with Crippen LogP contribution in [0.5, 0.6) is 0 Å². The van der Waals surface area contributed by atoms with Gasteiger partial charge in [0.15, 0.2) is 9.84 Å². The number of aromatic nitrogens is 2. The van der Waals surface area contributed by atoms with Crippen molar-refractivity contribution in [1.29, 1.82) is 0 Å². The van der Waals surface area contributed by atoms with Crippen LogP contribution in [-0.4, -0.2) is 24.1 Å². The van der Waals surface area contributed by atoms with Gasteiger partial charge in [0.2, 0.25) is 0 Å². The summed E-state index contributed by atoms with van der Waals surface area (Å²) in [6.45, 7) is 1.87. The SMILES string of the molecule is Cc1cc(-c2cc(CS(C)(=O)=O)ccc2Cc2ccc(F)cc2)n2cc[nH]c(=O)c12. The van der Waals surface area contributed by atoms with Gasteiger partial charge >= 0.3 is 0 Å². The number of nitrogens with one attached hydrogen (secondary N) is 1. The van der Waals surface area contributed by atoms with E-state index >= 15 is 0 Å². The number of aryl methyl sites for hydroxylation is 1. The molecule has 4 aromatic rings. The Morgan fingerprint density at radius 1 is 1.03 bits per heavy atom. The molecule has 2 heterocycles. The van der Waals surface area contributed by atoms with Gasteiger partial charge in [-0.1, -0.05) is 24.3 Å². The second kappa shape index (κ2) is 7.57. The number of hydrogen-bond acceptors (Lipinski definition) is 3. The summed E-state index contributed by atoms with van der Waals surface area (Å²) in [6.07, 6.45) is 5.11. The van der Waals surface area contributed by atoms with Crippen molar-refractivity contribution in [3.8, 4) is 11.3 Å². The van der Waals surface area contributed by atoms with Crippen molar-refractivity contribution in [2.24, 2.45) is 0 Å². The fourth-order valence-electron chi connectivity index (χ4n) is 3.79. The molecule has 0 radical (unpaired) electrons. The van der Waals surface area contributed by atoms with Gasteiger partial charge in [0.25, 0.3) is 5.56 Å². The summed E-state index contributed by atoms with van der Waals surface area (Å²) < 4.78 is 38.8. The minimum atomic E-state index is -3.20. The first-order chi connectivity index (χ1) is 14.2. The van der Waals surface area contributed by atoms with Crippen LogP contribution >= 0.6 is 0 Å². The highest BCUT2D eigenvalue weighted by Crippen LogP contribution is 2.30. The Bertz CT molecular complexity index is 1400. The molecular weight excluding hydrogens is 403 g/mol. The molecule has 0 unspecified atom stereocenters. The van der Waals surface area contributed by atoms with Gasteiger partial charge in [-0.15, -0.1) is 0 Å². The van der Waals surface area contributed by atoms with E-state index in [0.717, 1.165) is 27.9 Å². The molecule has 0 aliphatic rings. The quantitative estimate of drug-likeness (QED) is 0.529. The number of sulfone groups is 1. The van der Waals surface area contributed by atoms with Crippen LogP contribution in [0, 0.1) is 12.7 Å². The van der Waals surface area contributed by atoms with Gasteiger partial charge in [0.05, 0.1) is 11.4 Å². The van der Waals surface area contributed by atoms with E-state index in [0.29, 0.717) is 17.5 Å². The van der Waals surface area contributed by atoms with Gasteiger partial charge in [-0.25, -0.2) is 12.8 Å². The summed E-state index contributed by atoms with van der Waals surface area (Å²) >= 11 is 0. The summed E-state index contributed by atoms with van der Waals surface area (Å²) in [7, 11) is -3.20. The van der Waals surface area contributed by atoms with Crippen LogP contribution in [0.25, 0.3) is 16.8 Å². The zero-order valence-electron chi connectivity index (χ0n) is 16.6. The summed E-state index contributed by atoms with van der Waals surface area (Å²) in [5, 5.41) is 0. The van der Waals surface area contributed by atoms with Gasteiger partial charge < -0.3 is 9.38 Å². The topological polar surface area (TPSA) is 71.4 Å². The third kappa shape index (κ3) is 4.07. The van der Waals surface area contributed by atoms with E-state index in [2.05, 4.69) is 4.98 Å². The lowest BCUT2D eigenvalue weighted by atomic mass is 9.96. The Hall–Kier alpha value is -3.19. The second-order valence-electron chi connectivity index (χ2n) is 7.59. The van der Waals surface area contributed by atoms with Crippen LogP contribution in [0.1, 0.15) is 22.3 Å². The molecule has 4 rings (SSSR count). The third-order valence-corrected chi connectivity index (χ3v) is 5.92. The van der Waals surface area contributed by atoms with Gasteiger partial charge in [-0.2, -0.15) is 0 Å². The van der Waals surface area contributed by atoms with Crippen molar-refractivity contribution in [3.63, 3.8) is 0 Å². The van der Waals surface area contributed by atoms with Crippen LogP contribution in [0.15, 0.2) is 65.7 Å². The summed E-state index contributed by atoms with van der Waals surface area (Å²) in [4.78, 5) is 15.0. The lowest BCUT2D eigenvalue weighted by Crippen LogP contribution is -2.09. The maximum absolute atomic E-state index is 13.3. The molecule has 0 saturated carbocycles. The predicted molar refractivity (Wildman–Crippen MR) is 116 cm³/mol. The fraction of sp³-hybridized carbons (Fsp3) is 0.174. The van der Waals surface area contributed by atoms with Crippen LogP contribution in [0.2, 0.25) is 0 Å². The summed E-state index contributed by atoms with van der Waals surface area (Å²) in [5.41, 5.74) is 5.40. The molecule has 0 saturated heterocycles. The van der Waals surface area contributed by atoms with E-state index in [1.54, 1.807) is 30.6 Å². The molecule has 0 amide bonds. The normalized spacial score (nSPS) is 11.8. The number of benzene rings is 2. The molecule has 0 fully saturated rings. The van der Waals surface area contributed by atoms with E-state index in [1.807, 2.05) is 29.5 Å². The summed E-state index contributed by atoms with van der Waals surface area (Å²) in [6, 6.07) is 13.8. The molecule has 2 aromatic heterocycles. The van der Waals surface area contributed by atoms with Crippen molar-refractivity contribution in [2.75, 3.05) is 6.26 Å². The molecule has 30 heavy (non-hydrogen) atoms. The van der Waals surface area contributed by atoms with Crippen molar-refractivity contribution in [1.82, 2.24) is 9.38 Å². The molecule has 0 atom stereocenters. The molecule has 1 N–H and O–H groups in total. The standard InChI is InChI=1S/C23H21FN2O3S/c1-15-11-21(26-10-9-25-23(27)22(15)26)20-13-17(14-30(2,28)29)3-6-18(20)12-16-4-7-19(24)8-5-16/h3-11,13H,12,14H2,1-2H3,(H,25,27). The van der Waals surface area contributed by atoms with Gasteiger partial charge in [-0.3, -0.25) is 4.79 Å². The maximum Gasteiger partial charge on any atom is 0.272 e. The zero-order valence-corrected chi connectivity index (χ0v) is 17.5. The number of nitrogens with zero attached hydrogens (tertiary/aromatic N) is 1. The first-order valence-corrected chi connectivity index (χ1v) is 11.5. The second-order valence-corrected chi connectivity index (χ2v) is 9.73. The molecule has 0 aliphatic carbocycles. The number of H-pyrrole nitrogens is 1. The molecular formula is C23H21FN2O3S. The Morgan fingerprint density at radius 3 is 2.43 bits per heavy atom. The summed E-state index contributed by atoms with van der Waals surface area (Å²) in [5.74, 6) is -0.366. The lowest BCUT2D eigenvalue weighted by Gasteiger charge is -2.13. The monoisotopic (exact) mass is 424 g/mol. The van der Waals surface area contributed by atoms with E-state index < -0.39 is 9.84 Å². The van der Waals surface area contributed by atoms with E-state index in [1.165, 1.54) is 18.4 Å². The van der Waals surface area contributed by atoms with E-state index in [-0.39, 0.29) is 17.1 Å². The van der Waals surface area contributed by atoms with Crippen molar-refractivity contribution < 1.29 is 12.8 Å². The Morgan fingerprint density at radius 2 is 1.73 bits per heavy atom. The van der Waals surface area contributed by atoms with Gasteiger partial charge in [-0.05, 0) is 59.9 Å². The van der Waals surface area contributed by atoms with Crippen LogP contribution in [0.3, 0.4) is 0 Å². The number of rotatable bonds is 5. The fourth-order valence-corrected chi connectivity index (χ4v) is 4.58. The first-order valence-electron chi connectivity index (χ1n) is 9.45. The molecule has 154 valence electrons. The molecule has 7 heteroatoms. The average molecular weight is 424 g/mol. The highest BCUT2D eigenvalue weighted by molar-refractivity contribution is 7.89. The molecule has 0 spiro atoms. The van der Waals surface area contributed by atoms with Crippen molar-refractivity contribution in [3.05, 3.63) is 99.3 Å². The molecule has 0 aliphatic heterocycles. The van der Waals surface area contributed by atoms with Crippen LogP contribution < -0.4 is 5.56 Å². The molecule has 0 bridgehead atoms. The Kier molecular flexibility index (Phi) is 5.07. The maximum atomic E-state index is 13.3. The van der Waals surface area contributed by atoms with E-state index in [4.69, 9.17) is 0 Å². The first kappa shape index (κ1) is 20.1. The third-order valence-electron chi connectivity index (χ3n) is 5.07. The highest BCUT2D eigenvalue weighted by atomic mass is 32.2. The number of aromatic amines is 1. The van der Waals surface area contributed by atoms with Crippen LogP contribution in [-0.2, 0) is 22.0 Å². The number of halogens is 1. The van der Waals surface area contributed by atoms with Crippen molar-refractivity contribution in [2.45, 2.75) is 19.1 Å². The average Bonchev–Trinajstić information content (AvgIpc) is 3.01. The molecule has 5 nitrogen and oxygen atoms in total. The number of hydrogen-bond donors (Lipinski definition) is 1. The predicted octanol–water partition coefficient (Wildman–Crippen LogP) is 3.88.